The van der Waals surface area contributed by atoms with Crippen LogP contribution in [-0.2, 0) is 10.0 Å². The summed E-state index contributed by atoms with van der Waals surface area (Å²) in [6, 6.07) is 30.5. The van der Waals surface area contributed by atoms with Crippen LogP contribution in [0.3, 0.4) is 0 Å². The van der Waals surface area contributed by atoms with E-state index in [1.54, 1.807) is 30.3 Å². The first-order chi connectivity index (χ1) is 21.6. The molecule has 0 aliphatic rings. The maximum atomic E-state index is 12.9. The number of carbonyl (C=O) groups excluding carboxylic acids is 1. The molecule has 0 saturated carbocycles. The molecule has 1 atom stereocenters. The van der Waals surface area contributed by atoms with E-state index < -0.39 is 15.9 Å². The monoisotopic (exact) mass is 623 g/mol. The highest BCUT2D eigenvalue weighted by Gasteiger charge is 2.20. The molecule has 0 aliphatic carbocycles. The van der Waals surface area contributed by atoms with E-state index in [-0.39, 0.29) is 22.4 Å². The first-order valence-electron chi connectivity index (χ1n) is 14.8. The molecule has 10 heteroatoms. The van der Waals surface area contributed by atoms with Crippen LogP contribution in [0.15, 0.2) is 113 Å². The molecule has 1 aromatic heterocycles. The van der Waals surface area contributed by atoms with Crippen molar-refractivity contribution in [3.05, 3.63) is 114 Å². The Hall–Kier alpha value is -4.96. The van der Waals surface area contributed by atoms with Gasteiger partial charge in [0.05, 0.1) is 16.3 Å². The van der Waals surface area contributed by atoms with Crippen molar-refractivity contribution >= 4 is 27.3 Å². The van der Waals surface area contributed by atoms with Crippen LogP contribution in [0.5, 0.6) is 0 Å². The van der Waals surface area contributed by atoms with E-state index in [2.05, 4.69) is 71.1 Å². The molecule has 2 N–H and O–H groups in total. The van der Waals surface area contributed by atoms with Gasteiger partial charge in [0.25, 0.3) is 21.8 Å². The molecule has 232 valence electrons. The van der Waals surface area contributed by atoms with Crippen molar-refractivity contribution < 1.29 is 17.7 Å². The summed E-state index contributed by atoms with van der Waals surface area (Å²) in [5, 5.41) is 7.90. The number of amides is 1. The Morgan fingerprint density at radius 1 is 0.867 bits per heavy atom. The molecule has 45 heavy (non-hydrogen) atoms. The smallest absolute Gasteiger partial charge is 0.265 e. The molecule has 0 spiro atoms. The maximum absolute atomic E-state index is 12.9. The number of anilines is 2. The second-order valence-corrected chi connectivity index (χ2v) is 13.0. The van der Waals surface area contributed by atoms with Gasteiger partial charge < -0.3 is 14.7 Å². The van der Waals surface area contributed by atoms with Gasteiger partial charge in [-0.05, 0) is 73.4 Å². The Kier molecular flexibility index (Phi) is 9.63. The van der Waals surface area contributed by atoms with Crippen molar-refractivity contribution in [1.82, 2.24) is 14.9 Å². The molecule has 4 aromatic carbocycles. The lowest BCUT2D eigenvalue weighted by Gasteiger charge is -2.26. The van der Waals surface area contributed by atoms with E-state index in [0.717, 1.165) is 29.9 Å². The van der Waals surface area contributed by atoms with Gasteiger partial charge in [-0.25, -0.2) is 13.1 Å². The van der Waals surface area contributed by atoms with Gasteiger partial charge in [-0.2, -0.15) is 4.98 Å². The van der Waals surface area contributed by atoms with Crippen LogP contribution in [0.4, 0.5) is 11.4 Å². The van der Waals surface area contributed by atoms with E-state index in [1.807, 2.05) is 30.3 Å². The molecule has 5 rings (SSSR count). The van der Waals surface area contributed by atoms with Gasteiger partial charge in [-0.3, -0.25) is 4.79 Å². The van der Waals surface area contributed by atoms with Crippen molar-refractivity contribution in [2.24, 2.45) is 5.92 Å². The highest BCUT2D eigenvalue weighted by Crippen LogP contribution is 2.34. The molecule has 0 bridgehead atoms. The molecule has 1 amide bonds. The molecule has 5 aromatic rings. The SMILES string of the molecule is CC(C)CCN(C)c1ccc(-c2noc(-c3cccc(C(=O)NS(=O)(=O)c4ccccc4)c3)n2)cc1NC(C)c1ccccc1. The van der Waals surface area contributed by atoms with Crippen LogP contribution < -0.4 is 14.9 Å². The summed E-state index contributed by atoms with van der Waals surface area (Å²) in [7, 11) is -1.93. The lowest BCUT2D eigenvalue weighted by molar-refractivity contribution is 0.0981. The summed E-state index contributed by atoms with van der Waals surface area (Å²) in [5.74, 6) is 0.414. The van der Waals surface area contributed by atoms with Crippen LogP contribution in [-0.4, -0.2) is 38.1 Å². The summed E-state index contributed by atoms with van der Waals surface area (Å²) < 4.78 is 33.0. The largest absolute Gasteiger partial charge is 0.377 e. The van der Waals surface area contributed by atoms with Crippen molar-refractivity contribution in [2.45, 2.75) is 38.1 Å². The molecule has 0 fully saturated rings. The number of aromatic nitrogens is 2. The normalized spacial score (nSPS) is 12.1. The van der Waals surface area contributed by atoms with Gasteiger partial charge in [0.15, 0.2) is 0 Å². The van der Waals surface area contributed by atoms with E-state index in [1.165, 1.54) is 29.8 Å². The Bertz CT molecular complexity index is 1860. The van der Waals surface area contributed by atoms with Crippen molar-refractivity contribution in [3.8, 4) is 22.8 Å². The molecular formula is C35H37N5O4S. The second-order valence-electron chi connectivity index (χ2n) is 11.4. The lowest BCUT2D eigenvalue weighted by Crippen LogP contribution is -2.30. The van der Waals surface area contributed by atoms with Gasteiger partial charge >= 0.3 is 0 Å². The molecule has 1 unspecified atom stereocenters. The highest BCUT2D eigenvalue weighted by molar-refractivity contribution is 7.90. The van der Waals surface area contributed by atoms with Crippen LogP contribution in [0, 0.1) is 5.92 Å². The van der Waals surface area contributed by atoms with Gasteiger partial charge in [0.2, 0.25) is 5.82 Å². The average Bonchev–Trinajstić information content (AvgIpc) is 3.55. The van der Waals surface area contributed by atoms with E-state index in [4.69, 9.17) is 4.52 Å². The Balaban J connectivity index is 1.40. The number of sulfonamides is 1. The number of hydrogen-bond donors (Lipinski definition) is 2. The average molecular weight is 624 g/mol. The predicted octanol–water partition coefficient (Wildman–Crippen LogP) is 7.18. The van der Waals surface area contributed by atoms with Crippen molar-refractivity contribution in [1.29, 1.82) is 0 Å². The topological polar surface area (TPSA) is 117 Å². The van der Waals surface area contributed by atoms with Crippen LogP contribution in [0.25, 0.3) is 22.8 Å². The fourth-order valence-electron chi connectivity index (χ4n) is 4.85. The van der Waals surface area contributed by atoms with Gasteiger partial charge in [0.1, 0.15) is 0 Å². The fourth-order valence-corrected chi connectivity index (χ4v) is 5.84. The number of nitrogens with one attached hydrogen (secondary N) is 2. The quantitative estimate of drug-likeness (QED) is 0.150. The highest BCUT2D eigenvalue weighted by atomic mass is 32.2. The van der Waals surface area contributed by atoms with Gasteiger partial charge in [-0.15, -0.1) is 0 Å². The summed E-state index contributed by atoms with van der Waals surface area (Å²) in [4.78, 5) is 19.7. The zero-order chi connectivity index (χ0) is 32.0. The second kappa shape index (κ2) is 13.8. The Morgan fingerprint density at radius 2 is 1.58 bits per heavy atom. The lowest BCUT2D eigenvalue weighted by atomic mass is 10.1. The van der Waals surface area contributed by atoms with Crippen LogP contribution in [0.1, 0.15) is 49.2 Å². The minimum atomic E-state index is -4.03. The predicted molar refractivity (Wildman–Crippen MR) is 177 cm³/mol. The molecule has 0 radical (unpaired) electrons. The number of benzene rings is 4. The van der Waals surface area contributed by atoms with Crippen LogP contribution in [0.2, 0.25) is 0 Å². The fraction of sp³-hybridized carbons (Fsp3) is 0.229. The molecule has 0 saturated heterocycles. The van der Waals surface area contributed by atoms with Gasteiger partial charge in [0, 0.05) is 36.3 Å². The first kappa shape index (κ1) is 31.5. The summed E-state index contributed by atoms with van der Waals surface area (Å²) in [6.07, 6.45) is 1.06. The molecular weight excluding hydrogens is 586 g/mol. The molecule has 0 aliphatic heterocycles. The number of carbonyl (C=O) groups is 1. The standard InChI is InChI=1S/C35H37N5O4S/c1-24(2)20-21-40(4)32-19-18-27(23-31(32)36-25(3)26-12-7-5-8-13-26)33-37-35(44-38-33)29-15-11-14-28(22-29)34(41)39-45(42,43)30-16-9-6-10-17-30/h5-19,22-25,36H,20-21H2,1-4H3,(H,39,41). The number of nitrogens with zero attached hydrogens (tertiary/aromatic N) is 3. The third-order valence-electron chi connectivity index (χ3n) is 7.46. The zero-order valence-electron chi connectivity index (χ0n) is 25.8. The number of rotatable bonds is 12. The molecule has 1 heterocycles. The van der Waals surface area contributed by atoms with E-state index >= 15 is 0 Å². The van der Waals surface area contributed by atoms with Crippen molar-refractivity contribution in [2.75, 3.05) is 23.8 Å². The minimum Gasteiger partial charge on any atom is -0.377 e. The van der Waals surface area contributed by atoms with E-state index in [9.17, 15) is 13.2 Å². The van der Waals surface area contributed by atoms with Crippen molar-refractivity contribution in [3.63, 3.8) is 0 Å². The Morgan fingerprint density at radius 3 is 2.29 bits per heavy atom. The summed E-state index contributed by atoms with van der Waals surface area (Å²) in [5.41, 5.74) is 4.56. The third-order valence-corrected chi connectivity index (χ3v) is 8.80. The summed E-state index contributed by atoms with van der Waals surface area (Å²) >= 11 is 0. The van der Waals surface area contributed by atoms with Gasteiger partial charge in [-0.1, -0.05) is 73.6 Å². The van der Waals surface area contributed by atoms with Crippen LogP contribution >= 0.6 is 0 Å². The Labute approximate surface area is 264 Å². The maximum Gasteiger partial charge on any atom is 0.265 e. The summed E-state index contributed by atoms with van der Waals surface area (Å²) in [6.45, 7) is 7.47. The zero-order valence-corrected chi connectivity index (χ0v) is 26.6. The van der Waals surface area contributed by atoms with E-state index in [0.29, 0.717) is 17.3 Å². The number of hydrogen-bond acceptors (Lipinski definition) is 8. The molecule has 9 nitrogen and oxygen atoms in total. The first-order valence-corrected chi connectivity index (χ1v) is 16.3. The minimum absolute atomic E-state index is 0.000188. The third kappa shape index (κ3) is 7.77.